The summed E-state index contributed by atoms with van der Waals surface area (Å²) in [5.74, 6) is -0.572. The Kier molecular flexibility index (Phi) is 16.3. The molecule has 0 aliphatic carbocycles. The number of carbonyl (C=O) groups is 4. The van der Waals surface area contributed by atoms with Crippen molar-refractivity contribution in [3.63, 3.8) is 0 Å². The summed E-state index contributed by atoms with van der Waals surface area (Å²) in [5, 5.41) is 35.3. The van der Waals surface area contributed by atoms with E-state index in [-0.39, 0.29) is 48.9 Å². The number of hydrogen-bond donors (Lipinski definition) is 6. The van der Waals surface area contributed by atoms with Crippen LogP contribution >= 0.6 is 0 Å². The molecular formula is C56H78N8O6. The number of aliphatic hydroxyl groups is 2. The summed E-state index contributed by atoms with van der Waals surface area (Å²) in [7, 11) is 3.47. The molecule has 2 aliphatic rings. The number of hydrogen-bond acceptors (Lipinski definition) is 8. The largest absolute Gasteiger partial charge is 0.395 e. The second kappa shape index (κ2) is 21.8. The van der Waals surface area contributed by atoms with E-state index in [0.29, 0.717) is 39.0 Å². The topological polar surface area (TPSA) is 173 Å². The van der Waals surface area contributed by atoms with Crippen molar-refractivity contribution in [3.8, 4) is 22.5 Å². The van der Waals surface area contributed by atoms with Crippen LogP contribution in [0.15, 0.2) is 72.8 Å². The first kappa shape index (κ1) is 52.3. The van der Waals surface area contributed by atoms with Crippen LogP contribution in [0.5, 0.6) is 0 Å². The highest BCUT2D eigenvalue weighted by atomic mass is 16.3. The van der Waals surface area contributed by atoms with Crippen molar-refractivity contribution in [3.05, 3.63) is 83.9 Å². The van der Waals surface area contributed by atoms with Crippen LogP contribution in [0.3, 0.4) is 0 Å². The minimum Gasteiger partial charge on any atom is -0.395 e. The zero-order chi connectivity index (χ0) is 50.7. The van der Waals surface area contributed by atoms with Crippen LogP contribution in [0.2, 0.25) is 0 Å². The van der Waals surface area contributed by atoms with Gasteiger partial charge in [-0.2, -0.15) is 0 Å². The lowest BCUT2D eigenvalue weighted by atomic mass is 9.85. The first-order valence-electron chi connectivity index (χ1n) is 25.4. The second-order valence-corrected chi connectivity index (χ2v) is 21.7. The fourth-order valence-corrected chi connectivity index (χ4v) is 10.8. The minimum atomic E-state index is -0.706. The number of aliphatic hydroxyl groups excluding tert-OH is 2. The Bertz CT molecular complexity index is 2470. The Labute approximate surface area is 414 Å². The molecule has 0 radical (unpaired) electrons. The molecule has 0 saturated carbocycles. The van der Waals surface area contributed by atoms with Gasteiger partial charge < -0.3 is 50.4 Å². The molecule has 2 aliphatic heterocycles. The van der Waals surface area contributed by atoms with E-state index < -0.39 is 35.0 Å². The van der Waals surface area contributed by atoms with E-state index in [4.69, 9.17) is 0 Å². The highest BCUT2D eigenvalue weighted by molar-refractivity contribution is 5.95. The van der Waals surface area contributed by atoms with Gasteiger partial charge in [0.25, 0.3) is 0 Å². The van der Waals surface area contributed by atoms with E-state index in [0.717, 1.165) is 81.1 Å². The third-order valence-electron chi connectivity index (χ3n) is 14.9. The molecule has 5 aromatic rings. The fraction of sp³-hybridized carbons (Fsp3) is 0.536. The average Bonchev–Trinajstić information content (AvgIpc) is 4.14. The van der Waals surface area contributed by atoms with Crippen LogP contribution in [0.25, 0.3) is 44.3 Å². The lowest BCUT2D eigenvalue weighted by Crippen LogP contribution is -2.58. The summed E-state index contributed by atoms with van der Waals surface area (Å²) >= 11 is 0. The van der Waals surface area contributed by atoms with Crippen LogP contribution < -0.4 is 21.3 Å². The Morgan fingerprint density at radius 2 is 0.943 bits per heavy atom. The first-order valence-corrected chi connectivity index (χ1v) is 25.4. The van der Waals surface area contributed by atoms with Gasteiger partial charge in [0.15, 0.2) is 0 Å². The number of para-hydroxylation sites is 2. The Hall–Kier alpha value is -5.54. The lowest BCUT2D eigenvalue weighted by molar-refractivity contribution is -0.140. The van der Waals surface area contributed by atoms with E-state index in [9.17, 15) is 29.4 Å². The number of aromatic nitrogens is 2. The van der Waals surface area contributed by atoms with Crippen molar-refractivity contribution in [2.75, 3.05) is 40.4 Å². The smallest absolute Gasteiger partial charge is 0.245 e. The second-order valence-electron chi connectivity index (χ2n) is 21.7. The predicted molar refractivity (Wildman–Crippen MR) is 279 cm³/mol. The molecule has 0 bridgehead atoms. The summed E-state index contributed by atoms with van der Waals surface area (Å²) in [4.78, 5) is 59.5. The van der Waals surface area contributed by atoms with Crippen LogP contribution in [-0.4, -0.2) is 129 Å². The molecule has 70 heavy (non-hydrogen) atoms. The van der Waals surface area contributed by atoms with Crippen molar-refractivity contribution >= 4 is 45.4 Å². The molecule has 7 rings (SSSR count). The van der Waals surface area contributed by atoms with Crippen molar-refractivity contribution < 1.29 is 29.4 Å². The van der Waals surface area contributed by atoms with Gasteiger partial charge in [-0.05, 0) is 112 Å². The van der Waals surface area contributed by atoms with E-state index in [1.165, 1.54) is 0 Å². The summed E-state index contributed by atoms with van der Waals surface area (Å²) in [6, 6.07) is 22.6. The van der Waals surface area contributed by atoms with Gasteiger partial charge >= 0.3 is 0 Å². The number of carbonyl (C=O) groups excluding carboxylic acids is 4. The van der Waals surface area contributed by atoms with Crippen LogP contribution in [0.1, 0.15) is 92.2 Å². The first-order chi connectivity index (χ1) is 33.3. The van der Waals surface area contributed by atoms with Crippen molar-refractivity contribution in [1.82, 2.24) is 40.2 Å². The quantitative estimate of drug-likeness (QED) is 0.0598. The molecule has 2 aromatic heterocycles. The maximum Gasteiger partial charge on any atom is 0.245 e. The van der Waals surface area contributed by atoms with Gasteiger partial charge in [-0.15, -0.1) is 0 Å². The van der Waals surface area contributed by atoms with Gasteiger partial charge in [0.05, 0.1) is 36.7 Å². The van der Waals surface area contributed by atoms with E-state index in [1.807, 2.05) is 75.6 Å². The summed E-state index contributed by atoms with van der Waals surface area (Å²) in [6.45, 7) is 17.4. The van der Waals surface area contributed by atoms with E-state index >= 15 is 0 Å². The average molecular weight is 959 g/mol. The Morgan fingerprint density at radius 3 is 1.27 bits per heavy atom. The Balaban J connectivity index is 1.27. The number of likely N-dealkylation sites (N-methyl/N-ethyl adjacent to an activating group) is 2. The molecular weight excluding hydrogens is 881 g/mol. The number of fused-ring (bicyclic) bond motifs is 2. The Morgan fingerprint density at radius 1 is 0.586 bits per heavy atom. The number of nitrogens with one attached hydrogen (secondary N) is 4. The van der Waals surface area contributed by atoms with Gasteiger partial charge in [-0.3, -0.25) is 19.2 Å². The van der Waals surface area contributed by atoms with E-state index in [2.05, 4.69) is 78.9 Å². The maximum absolute atomic E-state index is 14.6. The molecule has 0 spiro atoms. The van der Waals surface area contributed by atoms with Gasteiger partial charge in [0.1, 0.15) is 12.1 Å². The monoisotopic (exact) mass is 959 g/mol. The minimum absolute atomic E-state index is 0.0571. The lowest BCUT2D eigenvalue weighted by Gasteiger charge is -2.36. The standard InChI is InChI=1S/C56H78N8O6/c1-35(57-9)51(67)59-49(55(3,4)5)53(69)61-27-15-17-39(61)33-43-41-19-11-13-21-45(41)63(29-31-65)47(43)37-23-25-38(26-24-37)48-44(42-20-12-14-22-46(42)64(48)30-32-66)34-40-18-16-28-62(40)54(70)50(56(6,7)8)60-52(68)36(2)58-10/h11-14,19-26,35-36,39-40,49-50,57-58,65-66H,15-18,27-34H2,1-10H3,(H,59,67)(H,60,68)/t35-,36-,39-,40-,49+,50+/m0/s1. The molecule has 4 amide bonds. The SMILES string of the molecule is CN[C@@H](C)C(=O)N[C@H](C(=O)N1CCC[C@H]1Cc1c(-c2ccc(-c3c(C[C@@H]4CCCN4C(=O)[C@@H](NC(=O)[C@H](C)NC)C(C)(C)C)c4ccccc4n3CCO)cc2)n(CCO)c2ccccc12)C(C)(C)C. The van der Waals surface area contributed by atoms with Crippen LogP contribution in [0, 0.1) is 10.8 Å². The molecule has 378 valence electrons. The molecule has 6 N–H and O–H groups in total. The zero-order valence-corrected chi connectivity index (χ0v) is 43.2. The number of nitrogens with zero attached hydrogens (tertiary/aromatic N) is 4. The van der Waals surface area contributed by atoms with Crippen LogP contribution in [0.4, 0.5) is 0 Å². The third-order valence-corrected chi connectivity index (χ3v) is 14.9. The molecule has 6 atom stereocenters. The van der Waals surface area contributed by atoms with Gasteiger partial charge in [0.2, 0.25) is 23.6 Å². The van der Waals surface area contributed by atoms with Gasteiger partial charge in [0, 0.05) is 60.1 Å². The summed E-state index contributed by atoms with van der Waals surface area (Å²) in [6.07, 6.45) is 4.55. The number of rotatable bonds is 18. The molecule has 14 nitrogen and oxygen atoms in total. The van der Waals surface area contributed by atoms with E-state index in [1.54, 1.807) is 27.9 Å². The molecule has 0 unspecified atom stereocenters. The molecule has 2 saturated heterocycles. The highest BCUT2D eigenvalue weighted by Gasteiger charge is 2.42. The fourth-order valence-electron chi connectivity index (χ4n) is 10.8. The van der Waals surface area contributed by atoms with Gasteiger partial charge in [-0.25, -0.2) is 0 Å². The summed E-state index contributed by atoms with van der Waals surface area (Å²) < 4.78 is 4.40. The maximum atomic E-state index is 14.6. The molecule has 2 fully saturated rings. The highest BCUT2D eigenvalue weighted by Crippen LogP contribution is 2.41. The number of likely N-dealkylation sites (tertiary alicyclic amines) is 2. The van der Waals surface area contributed by atoms with Crippen LogP contribution in [-0.2, 0) is 45.1 Å². The summed E-state index contributed by atoms with van der Waals surface area (Å²) in [5.41, 5.74) is 7.11. The van der Waals surface area contributed by atoms with Crippen molar-refractivity contribution in [2.24, 2.45) is 10.8 Å². The third kappa shape index (κ3) is 10.7. The zero-order valence-electron chi connectivity index (χ0n) is 43.2. The molecule has 3 aromatic carbocycles. The molecule has 14 heteroatoms. The van der Waals surface area contributed by atoms with Crippen molar-refractivity contribution in [2.45, 2.75) is 143 Å². The van der Waals surface area contributed by atoms with Gasteiger partial charge in [-0.1, -0.05) is 102 Å². The molecule has 4 heterocycles. The predicted octanol–water partition coefficient (Wildman–Crippen LogP) is 6.26. The number of amides is 4. The van der Waals surface area contributed by atoms with Crippen molar-refractivity contribution in [1.29, 1.82) is 0 Å². The number of benzene rings is 3. The normalized spacial score (nSPS) is 18.3.